The van der Waals surface area contributed by atoms with Crippen molar-refractivity contribution < 1.29 is 4.74 Å². The number of benzene rings is 2. The van der Waals surface area contributed by atoms with Crippen LogP contribution >= 0.6 is 11.8 Å². The van der Waals surface area contributed by atoms with Gasteiger partial charge in [0.05, 0.1) is 4.90 Å². The minimum atomic E-state index is 0.169. The van der Waals surface area contributed by atoms with E-state index in [1.165, 1.54) is 60.7 Å². The summed E-state index contributed by atoms with van der Waals surface area (Å²) in [4.78, 5) is 5.18. The molecule has 126 valence electrons. The van der Waals surface area contributed by atoms with Gasteiger partial charge in [-0.25, -0.2) is 0 Å². The third-order valence-electron chi connectivity index (χ3n) is 4.99. The van der Waals surface area contributed by atoms with Crippen molar-refractivity contribution in [2.24, 2.45) is 0 Å². The average Bonchev–Trinajstić information content (AvgIpc) is 2.79. The van der Waals surface area contributed by atoms with Crippen LogP contribution in [-0.2, 0) is 0 Å². The third kappa shape index (κ3) is 3.62. The first-order chi connectivity index (χ1) is 11.9. The van der Waals surface area contributed by atoms with E-state index in [1.807, 2.05) is 11.8 Å². The van der Waals surface area contributed by atoms with E-state index < -0.39 is 0 Å². The molecule has 0 spiro atoms. The van der Waals surface area contributed by atoms with E-state index in [-0.39, 0.29) is 6.10 Å². The van der Waals surface area contributed by atoms with Gasteiger partial charge in [0.15, 0.2) is 0 Å². The van der Waals surface area contributed by atoms with Crippen LogP contribution in [0.15, 0.2) is 58.3 Å². The SMILES string of the molecule is c1ccc2c(c1)O[C@@H](CCCN1CCCCC1)c1ccccc1S2. The Hall–Kier alpha value is -1.45. The summed E-state index contributed by atoms with van der Waals surface area (Å²) in [5, 5.41) is 0. The first-order valence-corrected chi connectivity index (χ1v) is 9.96. The summed E-state index contributed by atoms with van der Waals surface area (Å²) >= 11 is 1.83. The van der Waals surface area contributed by atoms with Crippen molar-refractivity contribution in [3.05, 3.63) is 54.1 Å². The summed E-state index contributed by atoms with van der Waals surface area (Å²) in [5.74, 6) is 1.03. The first-order valence-electron chi connectivity index (χ1n) is 9.15. The normalized spacial score (nSPS) is 20.6. The molecule has 1 saturated heterocycles. The predicted molar refractivity (Wildman–Crippen MR) is 99.9 cm³/mol. The third-order valence-corrected chi connectivity index (χ3v) is 6.14. The van der Waals surface area contributed by atoms with E-state index in [9.17, 15) is 0 Å². The molecule has 1 fully saturated rings. The zero-order chi connectivity index (χ0) is 16.2. The Morgan fingerprint density at radius 3 is 2.54 bits per heavy atom. The van der Waals surface area contributed by atoms with Gasteiger partial charge in [-0.05, 0) is 63.5 Å². The standard InChI is InChI=1S/C21H25NOS/c1-6-14-22(15-7-1)16-8-11-18-17-9-2-4-12-20(17)24-21-13-5-3-10-19(21)23-18/h2-5,9-10,12-13,18H,1,6-8,11,14-16H2/t18-/m0/s1. The molecule has 0 saturated carbocycles. The van der Waals surface area contributed by atoms with Crippen LogP contribution < -0.4 is 4.74 Å². The molecule has 2 nitrogen and oxygen atoms in total. The fraction of sp³-hybridized carbons (Fsp3) is 0.429. The molecule has 0 amide bonds. The number of piperidine rings is 1. The summed E-state index contributed by atoms with van der Waals surface area (Å²) < 4.78 is 6.43. The van der Waals surface area contributed by atoms with Crippen molar-refractivity contribution in [1.29, 1.82) is 0 Å². The summed E-state index contributed by atoms with van der Waals surface area (Å²) in [6.45, 7) is 3.76. The van der Waals surface area contributed by atoms with Gasteiger partial charge in [-0.3, -0.25) is 0 Å². The molecule has 1 atom stereocenters. The van der Waals surface area contributed by atoms with Crippen LogP contribution in [0.3, 0.4) is 0 Å². The van der Waals surface area contributed by atoms with Crippen LogP contribution in [0.2, 0.25) is 0 Å². The number of likely N-dealkylation sites (tertiary alicyclic amines) is 1. The molecule has 2 aliphatic rings. The number of hydrogen-bond donors (Lipinski definition) is 0. The molecule has 3 heteroatoms. The number of ether oxygens (including phenoxy) is 1. The molecule has 0 aromatic heterocycles. The summed E-state index contributed by atoms with van der Waals surface area (Å²) in [5.41, 5.74) is 1.34. The Labute approximate surface area is 149 Å². The lowest BCUT2D eigenvalue weighted by molar-refractivity contribution is 0.167. The summed E-state index contributed by atoms with van der Waals surface area (Å²) in [6, 6.07) is 17.2. The van der Waals surface area contributed by atoms with E-state index >= 15 is 0 Å². The molecule has 2 aromatic rings. The lowest BCUT2D eigenvalue weighted by atomic mass is 10.0. The van der Waals surface area contributed by atoms with Crippen molar-refractivity contribution in [1.82, 2.24) is 4.90 Å². The predicted octanol–water partition coefficient (Wildman–Crippen LogP) is 5.54. The quantitative estimate of drug-likeness (QED) is 0.726. The van der Waals surface area contributed by atoms with Gasteiger partial charge in [0.25, 0.3) is 0 Å². The monoisotopic (exact) mass is 339 g/mol. The van der Waals surface area contributed by atoms with Gasteiger partial charge >= 0.3 is 0 Å². The first kappa shape index (κ1) is 16.0. The topological polar surface area (TPSA) is 12.5 Å². The van der Waals surface area contributed by atoms with Gasteiger partial charge in [-0.1, -0.05) is 48.5 Å². The Bertz CT molecular complexity index is 681. The maximum atomic E-state index is 6.43. The number of nitrogens with zero attached hydrogens (tertiary/aromatic N) is 1. The highest BCUT2D eigenvalue weighted by Crippen LogP contribution is 2.44. The van der Waals surface area contributed by atoms with Gasteiger partial charge in [0.1, 0.15) is 11.9 Å². The van der Waals surface area contributed by atoms with Gasteiger partial charge in [-0.2, -0.15) is 0 Å². The molecule has 0 unspecified atom stereocenters. The van der Waals surface area contributed by atoms with Gasteiger partial charge in [0.2, 0.25) is 0 Å². The molecule has 4 rings (SSSR count). The highest BCUT2D eigenvalue weighted by molar-refractivity contribution is 7.99. The van der Waals surface area contributed by atoms with Crippen LogP contribution in [0.5, 0.6) is 5.75 Å². The van der Waals surface area contributed by atoms with Crippen LogP contribution in [0.4, 0.5) is 0 Å². The lowest BCUT2D eigenvalue weighted by Crippen LogP contribution is -2.30. The number of rotatable bonds is 4. The fourth-order valence-electron chi connectivity index (χ4n) is 3.70. The Balaban J connectivity index is 1.48. The van der Waals surface area contributed by atoms with E-state index in [2.05, 4.69) is 53.4 Å². The number of para-hydroxylation sites is 1. The van der Waals surface area contributed by atoms with Crippen molar-refractivity contribution in [3.8, 4) is 5.75 Å². The molecule has 0 radical (unpaired) electrons. The summed E-state index contributed by atoms with van der Waals surface area (Å²) in [6.07, 6.45) is 6.60. The smallest absolute Gasteiger partial charge is 0.134 e. The lowest BCUT2D eigenvalue weighted by Gasteiger charge is -2.27. The molecule has 2 heterocycles. The molecule has 0 N–H and O–H groups in total. The fourth-order valence-corrected chi connectivity index (χ4v) is 4.77. The molecule has 2 aliphatic heterocycles. The molecular formula is C21H25NOS. The highest BCUT2D eigenvalue weighted by Gasteiger charge is 2.23. The second-order valence-electron chi connectivity index (χ2n) is 6.74. The maximum absolute atomic E-state index is 6.43. The summed E-state index contributed by atoms with van der Waals surface area (Å²) in [7, 11) is 0. The second-order valence-corrected chi connectivity index (χ2v) is 7.82. The van der Waals surface area contributed by atoms with Crippen molar-refractivity contribution in [2.45, 2.75) is 48.0 Å². The van der Waals surface area contributed by atoms with E-state index in [4.69, 9.17) is 4.74 Å². The minimum Gasteiger partial charge on any atom is -0.485 e. The van der Waals surface area contributed by atoms with Crippen molar-refractivity contribution in [2.75, 3.05) is 19.6 Å². The molecular weight excluding hydrogens is 314 g/mol. The van der Waals surface area contributed by atoms with Gasteiger partial charge in [0, 0.05) is 10.5 Å². The molecule has 0 aliphatic carbocycles. The highest BCUT2D eigenvalue weighted by atomic mass is 32.2. The number of fused-ring (bicyclic) bond motifs is 2. The van der Waals surface area contributed by atoms with E-state index in [0.29, 0.717) is 0 Å². The Morgan fingerprint density at radius 1 is 0.917 bits per heavy atom. The van der Waals surface area contributed by atoms with Crippen molar-refractivity contribution in [3.63, 3.8) is 0 Å². The average molecular weight is 340 g/mol. The largest absolute Gasteiger partial charge is 0.485 e. The van der Waals surface area contributed by atoms with E-state index in [0.717, 1.165) is 12.2 Å². The number of hydrogen-bond acceptors (Lipinski definition) is 3. The van der Waals surface area contributed by atoms with Gasteiger partial charge in [-0.15, -0.1) is 0 Å². The van der Waals surface area contributed by atoms with Crippen LogP contribution in [0.1, 0.15) is 43.8 Å². The second kappa shape index (κ2) is 7.62. The van der Waals surface area contributed by atoms with E-state index in [1.54, 1.807) is 0 Å². The van der Waals surface area contributed by atoms with Crippen molar-refractivity contribution >= 4 is 11.8 Å². The zero-order valence-corrected chi connectivity index (χ0v) is 14.9. The van der Waals surface area contributed by atoms with Crippen LogP contribution in [0.25, 0.3) is 0 Å². The van der Waals surface area contributed by atoms with Crippen LogP contribution in [-0.4, -0.2) is 24.5 Å². The van der Waals surface area contributed by atoms with Crippen LogP contribution in [0, 0.1) is 0 Å². The molecule has 24 heavy (non-hydrogen) atoms. The minimum absolute atomic E-state index is 0.169. The molecule has 2 aromatic carbocycles. The Kier molecular flexibility index (Phi) is 5.10. The zero-order valence-electron chi connectivity index (χ0n) is 14.1. The Morgan fingerprint density at radius 2 is 1.67 bits per heavy atom. The molecule has 0 bridgehead atoms. The maximum Gasteiger partial charge on any atom is 0.134 e. The van der Waals surface area contributed by atoms with Gasteiger partial charge < -0.3 is 9.64 Å².